The molecule has 2 aliphatic heterocycles. The topological polar surface area (TPSA) is 128 Å². The van der Waals surface area contributed by atoms with Crippen LogP contribution in [0.1, 0.15) is 58.8 Å². The third-order valence-corrected chi connectivity index (χ3v) is 8.32. The number of rotatable bonds is 5. The molecule has 2 heterocycles. The maximum absolute atomic E-state index is 13.7. The molecule has 0 radical (unpaired) electrons. The summed E-state index contributed by atoms with van der Waals surface area (Å²) in [4.78, 5) is 42.2. The van der Waals surface area contributed by atoms with E-state index in [0.717, 1.165) is 61.9 Å². The van der Waals surface area contributed by atoms with Crippen molar-refractivity contribution in [3.8, 4) is 0 Å². The Labute approximate surface area is 210 Å². The van der Waals surface area contributed by atoms with Gasteiger partial charge in [0.25, 0.3) is 0 Å². The van der Waals surface area contributed by atoms with Crippen molar-refractivity contribution >= 4 is 23.6 Å². The van der Waals surface area contributed by atoms with Crippen molar-refractivity contribution in [2.24, 2.45) is 17.1 Å². The van der Waals surface area contributed by atoms with Gasteiger partial charge in [-0.2, -0.15) is 0 Å². The van der Waals surface area contributed by atoms with Crippen molar-refractivity contribution in [1.29, 1.82) is 5.41 Å². The molecule has 2 aromatic carbocycles. The number of benzene rings is 2. The number of amides is 1. The van der Waals surface area contributed by atoms with E-state index in [2.05, 4.69) is 0 Å². The van der Waals surface area contributed by atoms with Gasteiger partial charge >= 0.3 is 5.97 Å². The minimum Gasteiger partial charge on any atom is -0.478 e. The van der Waals surface area contributed by atoms with Crippen LogP contribution < -0.4 is 5.73 Å². The van der Waals surface area contributed by atoms with E-state index in [1.165, 1.54) is 12.1 Å². The van der Waals surface area contributed by atoms with Crippen molar-refractivity contribution < 1.29 is 19.5 Å². The average Bonchev–Trinajstić information content (AvgIpc) is 2.86. The monoisotopic (exact) mass is 488 g/mol. The van der Waals surface area contributed by atoms with E-state index in [9.17, 15) is 14.4 Å². The SMILES string of the molecule is N=C(N)N1CCC2(CC1)CC(C(=O)N1CCc3ccccc3[C@H]1C(=O)Cc1ccc(C(=O)O)cc1)C2. The fraction of sp³-hybridized carbons (Fsp3) is 0.429. The molecule has 5 rings (SSSR count). The van der Waals surface area contributed by atoms with Gasteiger partial charge in [-0.15, -0.1) is 0 Å². The first-order valence-corrected chi connectivity index (χ1v) is 12.6. The Morgan fingerprint density at radius 3 is 2.31 bits per heavy atom. The van der Waals surface area contributed by atoms with Crippen LogP contribution >= 0.6 is 0 Å². The van der Waals surface area contributed by atoms with Gasteiger partial charge < -0.3 is 20.6 Å². The van der Waals surface area contributed by atoms with E-state index < -0.39 is 12.0 Å². The molecule has 8 nitrogen and oxygen atoms in total. The minimum atomic E-state index is -1.00. The largest absolute Gasteiger partial charge is 0.478 e. The lowest BCUT2D eigenvalue weighted by atomic mass is 9.57. The number of aromatic carboxylic acids is 1. The number of hydrogen-bond acceptors (Lipinski definition) is 4. The standard InChI is InChI=1S/C28H32N4O4/c29-27(30)31-13-10-28(11-14-31)16-21(17-28)25(34)32-12-9-19-3-1-2-4-22(19)24(32)23(33)15-18-5-7-20(8-6-18)26(35)36/h1-8,21,24H,9-17H2,(H3,29,30)(H,35,36)/t24-/m0/s1. The number of carboxylic acid groups (broad SMARTS) is 1. The minimum absolute atomic E-state index is 0.0534. The van der Waals surface area contributed by atoms with Crippen LogP contribution in [0.2, 0.25) is 0 Å². The summed E-state index contributed by atoms with van der Waals surface area (Å²) in [7, 11) is 0. The van der Waals surface area contributed by atoms with Crippen LogP contribution in [-0.2, 0) is 22.4 Å². The van der Waals surface area contributed by atoms with Crippen LogP contribution in [-0.4, -0.2) is 58.2 Å². The molecular formula is C28H32N4O4. The van der Waals surface area contributed by atoms with Crippen molar-refractivity contribution in [1.82, 2.24) is 9.80 Å². The molecular weight excluding hydrogens is 456 g/mol. The van der Waals surface area contributed by atoms with E-state index in [1.807, 2.05) is 29.2 Å². The molecule has 8 heteroatoms. The average molecular weight is 489 g/mol. The molecule has 36 heavy (non-hydrogen) atoms. The van der Waals surface area contributed by atoms with E-state index >= 15 is 0 Å². The molecule has 4 N–H and O–H groups in total. The number of ketones is 1. The van der Waals surface area contributed by atoms with Gasteiger partial charge in [0, 0.05) is 32.0 Å². The lowest BCUT2D eigenvalue weighted by molar-refractivity contribution is -0.151. The molecule has 1 aliphatic carbocycles. The normalized spacial score (nSPS) is 20.9. The Hall–Kier alpha value is -3.68. The Morgan fingerprint density at radius 2 is 1.67 bits per heavy atom. The van der Waals surface area contributed by atoms with Gasteiger partial charge in [0.05, 0.1) is 5.56 Å². The molecule has 188 valence electrons. The van der Waals surface area contributed by atoms with Gasteiger partial charge in [0.2, 0.25) is 5.91 Å². The second kappa shape index (κ2) is 9.41. The molecule has 1 saturated heterocycles. The first-order valence-electron chi connectivity index (χ1n) is 12.6. The van der Waals surface area contributed by atoms with E-state index in [4.69, 9.17) is 16.2 Å². The number of piperidine rings is 1. The molecule has 1 spiro atoms. The number of nitrogens with zero attached hydrogens (tertiary/aromatic N) is 2. The zero-order valence-electron chi connectivity index (χ0n) is 20.3. The smallest absolute Gasteiger partial charge is 0.335 e. The number of hydrogen-bond donors (Lipinski definition) is 3. The van der Waals surface area contributed by atoms with Gasteiger partial charge in [0.15, 0.2) is 11.7 Å². The molecule has 1 saturated carbocycles. The Morgan fingerprint density at radius 1 is 1.00 bits per heavy atom. The first-order chi connectivity index (χ1) is 17.3. The van der Waals surface area contributed by atoms with Crippen molar-refractivity contribution in [3.63, 3.8) is 0 Å². The Balaban J connectivity index is 1.32. The summed E-state index contributed by atoms with van der Waals surface area (Å²) < 4.78 is 0. The number of nitrogens with two attached hydrogens (primary N) is 1. The molecule has 1 amide bonds. The quantitative estimate of drug-likeness (QED) is 0.439. The lowest BCUT2D eigenvalue weighted by Gasteiger charge is -2.53. The number of carbonyl (C=O) groups excluding carboxylic acids is 2. The van der Waals surface area contributed by atoms with E-state index in [-0.39, 0.29) is 41.0 Å². The number of Topliss-reactive ketones (excluding diaryl/α,β-unsaturated/α-hetero) is 1. The number of nitrogens with one attached hydrogen (secondary N) is 1. The summed E-state index contributed by atoms with van der Waals surface area (Å²) in [6, 6.07) is 13.6. The number of carboxylic acids is 1. The fourth-order valence-corrected chi connectivity index (χ4v) is 6.24. The zero-order chi connectivity index (χ0) is 25.4. The fourth-order valence-electron chi connectivity index (χ4n) is 6.24. The number of guanidine groups is 1. The van der Waals surface area contributed by atoms with Gasteiger partial charge in [-0.1, -0.05) is 36.4 Å². The molecule has 3 aliphatic rings. The van der Waals surface area contributed by atoms with E-state index in [1.54, 1.807) is 17.0 Å². The van der Waals surface area contributed by atoms with Crippen molar-refractivity contribution in [3.05, 3.63) is 70.8 Å². The highest BCUT2D eigenvalue weighted by Crippen LogP contribution is 2.53. The van der Waals surface area contributed by atoms with Gasteiger partial charge in [-0.05, 0) is 66.3 Å². The Bertz CT molecular complexity index is 1190. The summed E-state index contributed by atoms with van der Waals surface area (Å²) in [5, 5.41) is 16.8. The molecule has 2 fully saturated rings. The predicted octanol–water partition coefficient (Wildman–Crippen LogP) is 3.01. The third kappa shape index (κ3) is 4.47. The second-order valence-corrected chi connectivity index (χ2v) is 10.5. The van der Waals surface area contributed by atoms with Gasteiger partial charge in [0.1, 0.15) is 6.04 Å². The van der Waals surface area contributed by atoms with Crippen LogP contribution in [0.5, 0.6) is 0 Å². The van der Waals surface area contributed by atoms with Gasteiger partial charge in [-0.25, -0.2) is 4.79 Å². The maximum Gasteiger partial charge on any atom is 0.335 e. The maximum atomic E-state index is 13.7. The highest BCUT2D eigenvalue weighted by molar-refractivity contribution is 5.93. The lowest BCUT2D eigenvalue weighted by Crippen LogP contribution is -2.55. The molecule has 0 bridgehead atoms. The molecule has 0 aromatic heterocycles. The van der Waals surface area contributed by atoms with E-state index in [0.29, 0.717) is 6.54 Å². The molecule has 1 atom stereocenters. The third-order valence-electron chi connectivity index (χ3n) is 8.32. The predicted molar refractivity (Wildman–Crippen MR) is 135 cm³/mol. The summed E-state index contributed by atoms with van der Waals surface area (Å²) in [5.41, 5.74) is 8.69. The van der Waals surface area contributed by atoms with Crippen molar-refractivity contribution in [2.75, 3.05) is 19.6 Å². The van der Waals surface area contributed by atoms with Crippen LogP contribution in [0, 0.1) is 16.7 Å². The molecule has 0 unspecified atom stereocenters. The number of likely N-dealkylation sites (tertiary alicyclic amines) is 1. The summed E-state index contributed by atoms with van der Waals surface area (Å²) in [5.74, 6) is -0.964. The highest BCUT2D eigenvalue weighted by Gasteiger charge is 2.51. The van der Waals surface area contributed by atoms with Crippen LogP contribution in [0.25, 0.3) is 0 Å². The zero-order valence-corrected chi connectivity index (χ0v) is 20.3. The van der Waals surface area contributed by atoms with Gasteiger partial charge in [-0.3, -0.25) is 15.0 Å². The number of fused-ring (bicyclic) bond motifs is 1. The molecule has 2 aromatic rings. The summed E-state index contributed by atoms with van der Waals surface area (Å²) in [6.45, 7) is 2.04. The van der Waals surface area contributed by atoms with Crippen molar-refractivity contribution in [2.45, 2.75) is 44.6 Å². The van der Waals surface area contributed by atoms with Crippen LogP contribution in [0.15, 0.2) is 48.5 Å². The summed E-state index contributed by atoms with van der Waals surface area (Å²) >= 11 is 0. The second-order valence-electron chi connectivity index (χ2n) is 10.5. The summed E-state index contributed by atoms with van der Waals surface area (Å²) in [6.07, 6.45) is 4.39. The number of carbonyl (C=O) groups is 3. The first kappa shape index (κ1) is 24.0. The van der Waals surface area contributed by atoms with Crippen LogP contribution in [0.4, 0.5) is 0 Å². The van der Waals surface area contributed by atoms with Crippen LogP contribution in [0.3, 0.4) is 0 Å². The Kier molecular flexibility index (Phi) is 6.28. The highest BCUT2D eigenvalue weighted by atomic mass is 16.4.